The Balaban J connectivity index is 2.26. The van der Waals surface area contributed by atoms with Gasteiger partial charge in [-0.3, -0.25) is 9.69 Å². The first-order valence-electron chi connectivity index (χ1n) is 6.93. The highest BCUT2D eigenvalue weighted by Gasteiger charge is 2.30. The topological polar surface area (TPSA) is 35.6 Å². The summed E-state index contributed by atoms with van der Waals surface area (Å²) in [5, 5.41) is 2.78. The van der Waals surface area contributed by atoms with E-state index in [2.05, 4.69) is 31.1 Å². The molecule has 1 heterocycles. The molecule has 0 bridgehead atoms. The monoisotopic (exact) mass is 279 g/mol. The second-order valence-electron chi connectivity index (χ2n) is 5.49. The molecular weight excluding hydrogens is 257 g/mol. The minimum absolute atomic E-state index is 0.111. The summed E-state index contributed by atoms with van der Waals surface area (Å²) in [4.78, 5) is 16.7. The Morgan fingerprint density at radius 2 is 1.90 bits per heavy atom. The van der Waals surface area contributed by atoms with E-state index < -0.39 is 5.82 Å². The van der Waals surface area contributed by atoms with Crippen molar-refractivity contribution in [3.8, 4) is 0 Å². The van der Waals surface area contributed by atoms with Gasteiger partial charge in [0.1, 0.15) is 5.82 Å². The minimum Gasteiger partial charge on any atom is -0.385 e. The maximum Gasteiger partial charge on any atom is 0.256 e. The number of carbonyl (C=O) groups excluding carboxylic acids is 1. The molecule has 1 N–H and O–H groups in total. The highest BCUT2D eigenvalue weighted by Crippen LogP contribution is 2.23. The van der Waals surface area contributed by atoms with Crippen LogP contribution in [0, 0.1) is 5.82 Å². The van der Waals surface area contributed by atoms with E-state index in [0.717, 1.165) is 0 Å². The van der Waals surface area contributed by atoms with Crippen LogP contribution >= 0.6 is 0 Å². The Morgan fingerprint density at radius 3 is 2.45 bits per heavy atom. The molecule has 2 rings (SSSR count). The fraction of sp³-hybridized carbons (Fsp3) is 0.533. The van der Waals surface area contributed by atoms with Crippen molar-refractivity contribution in [1.82, 2.24) is 9.80 Å². The summed E-state index contributed by atoms with van der Waals surface area (Å²) in [6.45, 7) is 5.53. The van der Waals surface area contributed by atoms with Crippen molar-refractivity contribution in [1.29, 1.82) is 0 Å². The molecule has 0 saturated carbocycles. The van der Waals surface area contributed by atoms with E-state index in [4.69, 9.17) is 0 Å². The highest BCUT2D eigenvalue weighted by atomic mass is 19.1. The number of nitrogens with one attached hydrogen (secondary N) is 1. The molecule has 4 nitrogen and oxygen atoms in total. The number of likely N-dealkylation sites (N-methyl/N-ethyl adjacent to an activating group) is 1. The van der Waals surface area contributed by atoms with Gasteiger partial charge in [0.2, 0.25) is 0 Å². The molecule has 2 atom stereocenters. The average Bonchev–Trinajstić information content (AvgIpc) is 2.43. The first kappa shape index (κ1) is 14.8. The third kappa shape index (κ3) is 2.63. The smallest absolute Gasteiger partial charge is 0.256 e. The number of nitrogens with zero attached hydrogens (tertiary/aromatic N) is 2. The summed E-state index contributed by atoms with van der Waals surface area (Å²) in [6, 6.07) is 5.21. The van der Waals surface area contributed by atoms with Gasteiger partial charge in [0, 0.05) is 32.2 Å². The zero-order valence-corrected chi connectivity index (χ0v) is 12.5. The first-order chi connectivity index (χ1) is 9.45. The molecule has 0 aromatic heterocycles. The molecular formula is C15H22FN3O. The maximum atomic E-state index is 13.8. The SMILES string of the molecule is CNc1c(F)cccc1C(=O)N1CC(C)N(C)C(C)C1. The lowest BCUT2D eigenvalue weighted by molar-refractivity contribution is 0.0415. The minimum atomic E-state index is -0.395. The van der Waals surface area contributed by atoms with E-state index in [0.29, 0.717) is 30.7 Å². The Hall–Kier alpha value is -1.62. The highest BCUT2D eigenvalue weighted by molar-refractivity contribution is 5.99. The maximum absolute atomic E-state index is 13.8. The van der Waals surface area contributed by atoms with E-state index in [1.807, 2.05) is 4.90 Å². The van der Waals surface area contributed by atoms with Gasteiger partial charge in [-0.05, 0) is 33.0 Å². The van der Waals surface area contributed by atoms with Crippen LogP contribution < -0.4 is 5.32 Å². The van der Waals surface area contributed by atoms with Gasteiger partial charge in [0.15, 0.2) is 0 Å². The van der Waals surface area contributed by atoms with Gasteiger partial charge >= 0.3 is 0 Å². The fourth-order valence-electron chi connectivity index (χ4n) is 2.70. The summed E-state index contributed by atoms with van der Waals surface area (Å²) in [5.74, 6) is -0.505. The van der Waals surface area contributed by atoms with Gasteiger partial charge in [-0.15, -0.1) is 0 Å². The molecule has 5 heteroatoms. The summed E-state index contributed by atoms with van der Waals surface area (Å²) in [6.07, 6.45) is 0. The Bertz CT molecular complexity index is 494. The summed E-state index contributed by atoms with van der Waals surface area (Å²) < 4.78 is 13.8. The van der Waals surface area contributed by atoms with E-state index in [1.165, 1.54) is 6.07 Å². The zero-order chi connectivity index (χ0) is 14.9. The number of piperazine rings is 1. The predicted molar refractivity (Wildman–Crippen MR) is 78.5 cm³/mol. The number of hydrogen-bond donors (Lipinski definition) is 1. The van der Waals surface area contributed by atoms with Gasteiger partial charge < -0.3 is 10.2 Å². The zero-order valence-electron chi connectivity index (χ0n) is 12.5. The van der Waals surface area contributed by atoms with E-state index in [-0.39, 0.29) is 11.6 Å². The largest absolute Gasteiger partial charge is 0.385 e. The number of carbonyl (C=O) groups is 1. The Kier molecular flexibility index (Phi) is 4.28. The molecule has 2 unspecified atom stereocenters. The first-order valence-corrected chi connectivity index (χ1v) is 6.93. The lowest BCUT2D eigenvalue weighted by Crippen LogP contribution is -2.56. The Labute approximate surface area is 119 Å². The third-order valence-corrected chi connectivity index (χ3v) is 4.14. The summed E-state index contributed by atoms with van der Waals surface area (Å²) >= 11 is 0. The number of hydrogen-bond acceptors (Lipinski definition) is 3. The molecule has 0 radical (unpaired) electrons. The van der Waals surface area contributed by atoms with Gasteiger partial charge in [0.25, 0.3) is 5.91 Å². The Morgan fingerprint density at radius 1 is 1.30 bits per heavy atom. The molecule has 1 saturated heterocycles. The number of benzene rings is 1. The van der Waals surface area contributed by atoms with Crippen molar-refractivity contribution in [2.45, 2.75) is 25.9 Å². The van der Waals surface area contributed by atoms with Crippen LogP contribution in [-0.2, 0) is 0 Å². The number of para-hydroxylation sites is 1. The quantitative estimate of drug-likeness (QED) is 0.900. The average molecular weight is 279 g/mol. The second-order valence-corrected chi connectivity index (χ2v) is 5.49. The number of amides is 1. The van der Waals surface area contributed by atoms with Crippen molar-refractivity contribution in [3.05, 3.63) is 29.6 Å². The van der Waals surface area contributed by atoms with Crippen LogP contribution in [0.3, 0.4) is 0 Å². The molecule has 0 spiro atoms. The summed E-state index contributed by atoms with van der Waals surface area (Å²) in [5.41, 5.74) is 0.674. The van der Waals surface area contributed by atoms with Gasteiger partial charge in [-0.25, -0.2) is 4.39 Å². The number of rotatable bonds is 2. The van der Waals surface area contributed by atoms with Crippen molar-refractivity contribution in [3.63, 3.8) is 0 Å². The number of halogens is 1. The van der Waals surface area contributed by atoms with Crippen LogP contribution in [0.25, 0.3) is 0 Å². The summed E-state index contributed by atoms with van der Waals surface area (Å²) in [7, 11) is 3.70. The molecule has 1 fully saturated rings. The number of anilines is 1. The van der Waals surface area contributed by atoms with Gasteiger partial charge in [-0.2, -0.15) is 0 Å². The lowest BCUT2D eigenvalue weighted by atomic mass is 10.1. The normalized spacial score (nSPS) is 23.8. The molecule has 110 valence electrons. The van der Waals surface area contributed by atoms with Gasteiger partial charge in [0.05, 0.1) is 11.3 Å². The molecule has 1 aliphatic rings. The van der Waals surface area contributed by atoms with Crippen LogP contribution in [-0.4, -0.2) is 55.0 Å². The molecule has 1 aliphatic heterocycles. The van der Waals surface area contributed by atoms with Crippen LogP contribution in [0.15, 0.2) is 18.2 Å². The van der Waals surface area contributed by atoms with Gasteiger partial charge in [-0.1, -0.05) is 6.07 Å². The molecule has 0 aliphatic carbocycles. The van der Waals surface area contributed by atoms with Crippen LogP contribution in [0.2, 0.25) is 0 Å². The fourth-order valence-corrected chi connectivity index (χ4v) is 2.70. The van der Waals surface area contributed by atoms with E-state index in [9.17, 15) is 9.18 Å². The molecule has 1 amide bonds. The van der Waals surface area contributed by atoms with Crippen LogP contribution in [0.1, 0.15) is 24.2 Å². The molecule has 1 aromatic carbocycles. The molecule has 20 heavy (non-hydrogen) atoms. The van der Waals surface area contributed by atoms with Crippen molar-refractivity contribution in [2.75, 3.05) is 32.5 Å². The van der Waals surface area contributed by atoms with Crippen molar-refractivity contribution in [2.24, 2.45) is 0 Å². The molecule has 1 aromatic rings. The lowest BCUT2D eigenvalue weighted by Gasteiger charge is -2.42. The van der Waals surface area contributed by atoms with Crippen LogP contribution in [0.4, 0.5) is 10.1 Å². The van der Waals surface area contributed by atoms with Crippen molar-refractivity contribution >= 4 is 11.6 Å². The van der Waals surface area contributed by atoms with E-state index >= 15 is 0 Å². The standard InChI is InChI=1S/C15H22FN3O/c1-10-8-19(9-11(2)18(10)4)15(20)12-6-5-7-13(16)14(12)17-3/h5-7,10-11,17H,8-9H2,1-4H3. The predicted octanol–water partition coefficient (Wildman–Crippen LogP) is 2.03. The third-order valence-electron chi connectivity index (χ3n) is 4.14. The van der Waals surface area contributed by atoms with Crippen molar-refractivity contribution < 1.29 is 9.18 Å². The second kappa shape index (κ2) is 5.79. The van der Waals surface area contributed by atoms with Crippen LogP contribution in [0.5, 0.6) is 0 Å². The van der Waals surface area contributed by atoms with E-state index in [1.54, 1.807) is 19.2 Å².